The first-order chi connectivity index (χ1) is 7.75. The average molecular weight is 216 g/mol. The highest BCUT2D eigenvalue weighted by atomic mass is 16.6. The van der Waals surface area contributed by atoms with E-state index in [1.54, 1.807) is 24.4 Å². The van der Waals surface area contributed by atoms with Crippen molar-refractivity contribution >= 4 is 5.69 Å². The Kier molecular flexibility index (Phi) is 2.77. The van der Waals surface area contributed by atoms with Crippen LogP contribution >= 0.6 is 0 Å². The number of nitro benzene ring substituents is 1. The fraction of sp³-hybridized carbons (Fsp3) is 0. The predicted molar refractivity (Wildman–Crippen MR) is 57.4 cm³/mol. The van der Waals surface area contributed by atoms with Gasteiger partial charge in [-0.2, -0.15) is 0 Å². The van der Waals surface area contributed by atoms with Crippen LogP contribution in [0, 0.1) is 10.1 Å². The van der Waals surface area contributed by atoms with E-state index in [0.29, 0.717) is 11.6 Å². The van der Waals surface area contributed by atoms with Gasteiger partial charge in [0, 0.05) is 24.4 Å². The molecule has 0 atom stereocenters. The molecule has 0 aliphatic carbocycles. The first-order valence-electron chi connectivity index (χ1n) is 4.59. The third kappa shape index (κ3) is 2.33. The summed E-state index contributed by atoms with van der Waals surface area (Å²) in [6.45, 7) is 0. The van der Waals surface area contributed by atoms with Crippen molar-refractivity contribution < 1.29 is 9.66 Å². The van der Waals surface area contributed by atoms with Gasteiger partial charge in [0.15, 0.2) is 0 Å². The number of benzene rings is 1. The van der Waals surface area contributed by atoms with Crippen molar-refractivity contribution in [1.82, 2.24) is 4.98 Å². The second-order valence-corrected chi connectivity index (χ2v) is 3.02. The van der Waals surface area contributed by atoms with E-state index in [2.05, 4.69) is 4.98 Å². The van der Waals surface area contributed by atoms with Gasteiger partial charge in [-0.1, -0.05) is 6.07 Å². The lowest BCUT2D eigenvalue weighted by Crippen LogP contribution is -1.89. The maximum atomic E-state index is 10.4. The van der Waals surface area contributed by atoms with Crippen molar-refractivity contribution in [2.45, 2.75) is 0 Å². The summed E-state index contributed by atoms with van der Waals surface area (Å²) in [5, 5.41) is 10.4. The maximum Gasteiger partial charge on any atom is 0.269 e. The number of aromatic nitrogens is 1. The van der Waals surface area contributed by atoms with Crippen LogP contribution in [-0.4, -0.2) is 9.91 Å². The van der Waals surface area contributed by atoms with Crippen LogP contribution in [0.1, 0.15) is 0 Å². The molecule has 5 nitrogen and oxygen atoms in total. The van der Waals surface area contributed by atoms with Crippen LogP contribution in [0.25, 0.3) is 0 Å². The zero-order valence-electron chi connectivity index (χ0n) is 8.24. The maximum absolute atomic E-state index is 10.4. The van der Waals surface area contributed by atoms with Crippen molar-refractivity contribution in [1.29, 1.82) is 0 Å². The third-order valence-electron chi connectivity index (χ3n) is 1.91. The first-order valence-corrected chi connectivity index (χ1v) is 4.59. The van der Waals surface area contributed by atoms with E-state index in [1.807, 2.05) is 0 Å². The van der Waals surface area contributed by atoms with E-state index < -0.39 is 4.92 Å². The monoisotopic (exact) mass is 216 g/mol. The molecule has 1 heterocycles. The van der Waals surface area contributed by atoms with Crippen LogP contribution in [0.2, 0.25) is 0 Å². The number of pyridine rings is 1. The minimum absolute atomic E-state index is 0.0355. The third-order valence-corrected chi connectivity index (χ3v) is 1.91. The topological polar surface area (TPSA) is 65.3 Å². The molecule has 0 unspecified atom stereocenters. The zero-order valence-corrected chi connectivity index (χ0v) is 8.24. The van der Waals surface area contributed by atoms with Crippen molar-refractivity contribution in [2.24, 2.45) is 0 Å². The van der Waals surface area contributed by atoms with Gasteiger partial charge in [-0.15, -0.1) is 0 Å². The molecule has 0 radical (unpaired) electrons. The molecular weight excluding hydrogens is 208 g/mol. The standard InChI is InChI=1S/C11H8N2O3/c14-13(15)9-4-6-10(7-5-9)16-11-3-1-2-8-12-11/h1-8H. The molecule has 2 rings (SSSR count). The predicted octanol–water partition coefficient (Wildman–Crippen LogP) is 2.78. The molecule has 0 saturated carbocycles. The summed E-state index contributed by atoms with van der Waals surface area (Å²) in [4.78, 5) is 13.9. The number of nitro groups is 1. The molecule has 0 spiro atoms. The summed E-state index contributed by atoms with van der Waals surface area (Å²) < 4.78 is 5.38. The average Bonchev–Trinajstić information content (AvgIpc) is 2.31. The van der Waals surface area contributed by atoms with Crippen LogP contribution in [0.15, 0.2) is 48.7 Å². The SMILES string of the molecule is O=[N+]([O-])c1ccc(Oc2ccccn2)cc1. The van der Waals surface area contributed by atoms with E-state index in [4.69, 9.17) is 4.74 Å². The highest BCUT2D eigenvalue weighted by molar-refractivity contribution is 5.37. The molecule has 2 aromatic rings. The van der Waals surface area contributed by atoms with Crippen LogP contribution < -0.4 is 4.74 Å². The van der Waals surface area contributed by atoms with Gasteiger partial charge in [0.25, 0.3) is 5.69 Å². The molecule has 0 N–H and O–H groups in total. The van der Waals surface area contributed by atoms with Gasteiger partial charge in [0.05, 0.1) is 4.92 Å². The van der Waals surface area contributed by atoms with Gasteiger partial charge in [-0.05, 0) is 18.2 Å². The van der Waals surface area contributed by atoms with Crippen LogP contribution in [0.5, 0.6) is 11.6 Å². The van der Waals surface area contributed by atoms with Gasteiger partial charge in [0.2, 0.25) is 5.88 Å². The Balaban J connectivity index is 2.14. The first kappa shape index (κ1) is 10.1. The van der Waals surface area contributed by atoms with Crippen molar-refractivity contribution in [3.05, 3.63) is 58.8 Å². The van der Waals surface area contributed by atoms with E-state index >= 15 is 0 Å². The Morgan fingerprint density at radius 1 is 1.12 bits per heavy atom. The summed E-state index contributed by atoms with van der Waals surface area (Å²) in [6, 6.07) is 11.1. The molecule has 0 amide bonds. The van der Waals surface area contributed by atoms with Crippen LogP contribution in [0.4, 0.5) is 5.69 Å². The molecule has 80 valence electrons. The van der Waals surface area contributed by atoms with Gasteiger partial charge < -0.3 is 4.74 Å². The molecule has 0 bridgehead atoms. The normalized spacial score (nSPS) is 9.75. The van der Waals surface area contributed by atoms with Gasteiger partial charge in [-0.25, -0.2) is 4.98 Å². The van der Waals surface area contributed by atoms with Crippen molar-refractivity contribution in [2.75, 3.05) is 0 Å². The highest BCUT2D eigenvalue weighted by Crippen LogP contribution is 2.21. The molecule has 1 aromatic heterocycles. The lowest BCUT2D eigenvalue weighted by molar-refractivity contribution is -0.384. The number of hydrogen-bond acceptors (Lipinski definition) is 4. The van der Waals surface area contributed by atoms with E-state index in [9.17, 15) is 10.1 Å². The van der Waals surface area contributed by atoms with E-state index in [0.717, 1.165) is 0 Å². The minimum atomic E-state index is -0.454. The molecule has 16 heavy (non-hydrogen) atoms. The Hall–Kier alpha value is -2.43. The molecule has 0 aliphatic heterocycles. The summed E-state index contributed by atoms with van der Waals surface area (Å²) in [7, 11) is 0. The van der Waals surface area contributed by atoms with Gasteiger partial charge in [-0.3, -0.25) is 10.1 Å². The Bertz CT molecular complexity index is 482. The Morgan fingerprint density at radius 3 is 2.44 bits per heavy atom. The number of nitrogens with zero attached hydrogens (tertiary/aromatic N) is 2. The molecule has 1 aromatic carbocycles. The number of non-ortho nitro benzene ring substituents is 1. The fourth-order valence-corrected chi connectivity index (χ4v) is 1.16. The molecule has 0 saturated heterocycles. The number of hydrogen-bond donors (Lipinski definition) is 0. The van der Waals surface area contributed by atoms with Crippen molar-refractivity contribution in [3.8, 4) is 11.6 Å². The molecule has 5 heteroatoms. The number of rotatable bonds is 3. The highest BCUT2D eigenvalue weighted by Gasteiger charge is 2.04. The second-order valence-electron chi connectivity index (χ2n) is 3.02. The lowest BCUT2D eigenvalue weighted by atomic mass is 10.3. The minimum Gasteiger partial charge on any atom is -0.439 e. The van der Waals surface area contributed by atoms with Crippen molar-refractivity contribution in [3.63, 3.8) is 0 Å². The Morgan fingerprint density at radius 2 is 1.88 bits per heavy atom. The van der Waals surface area contributed by atoms with Gasteiger partial charge >= 0.3 is 0 Å². The van der Waals surface area contributed by atoms with E-state index in [1.165, 1.54) is 24.3 Å². The summed E-state index contributed by atoms with van der Waals surface area (Å²) >= 11 is 0. The smallest absolute Gasteiger partial charge is 0.269 e. The summed E-state index contributed by atoms with van der Waals surface area (Å²) in [5.41, 5.74) is 0.0355. The largest absolute Gasteiger partial charge is 0.439 e. The zero-order chi connectivity index (χ0) is 11.4. The molecular formula is C11H8N2O3. The quantitative estimate of drug-likeness (QED) is 0.584. The summed E-state index contributed by atoms with van der Waals surface area (Å²) in [6.07, 6.45) is 1.61. The fourth-order valence-electron chi connectivity index (χ4n) is 1.16. The van der Waals surface area contributed by atoms with Crippen LogP contribution in [-0.2, 0) is 0 Å². The van der Waals surface area contributed by atoms with Crippen LogP contribution in [0.3, 0.4) is 0 Å². The molecule has 0 fully saturated rings. The second kappa shape index (κ2) is 4.39. The van der Waals surface area contributed by atoms with Gasteiger partial charge in [0.1, 0.15) is 5.75 Å². The molecule has 0 aliphatic rings. The Labute approximate surface area is 91.5 Å². The summed E-state index contributed by atoms with van der Waals surface area (Å²) in [5.74, 6) is 0.973. The lowest BCUT2D eigenvalue weighted by Gasteiger charge is -2.02. The van der Waals surface area contributed by atoms with E-state index in [-0.39, 0.29) is 5.69 Å². The number of ether oxygens (including phenoxy) is 1.